The third-order valence-corrected chi connectivity index (χ3v) is 2.62. The summed E-state index contributed by atoms with van der Waals surface area (Å²) >= 11 is 0. The lowest BCUT2D eigenvalue weighted by Crippen LogP contribution is -2.28. The molecular formula is C12H23N5O. The van der Waals surface area contributed by atoms with E-state index in [-0.39, 0.29) is 0 Å². The van der Waals surface area contributed by atoms with Crippen LogP contribution < -0.4 is 11.3 Å². The number of ether oxygens (including phenoxy) is 1. The zero-order valence-corrected chi connectivity index (χ0v) is 11.4. The molecule has 0 bridgehead atoms. The zero-order chi connectivity index (χ0) is 13.4. The quantitative estimate of drug-likeness (QED) is 0.408. The van der Waals surface area contributed by atoms with Gasteiger partial charge in [0.2, 0.25) is 0 Å². The molecule has 3 N–H and O–H groups in total. The van der Waals surface area contributed by atoms with Crippen LogP contribution in [-0.2, 0) is 11.3 Å². The van der Waals surface area contributed by atoms with E-state index in [9.17, 15) is 0 Å². The van der Waals surface area contributed by atoms with E-state index in [0.717, 1.165) is 37.8 Å². The maximum Gasteiger partial charge on any atom is 0.145 e. The number of nitrogens with two attached hydrogens (primary N) is 1. The molecule has 0 saturated carbocycles. The van der Waals surface area contributed by atoms with E-state index >= 15 is 0 Å². The molecule has 6 heteroatoms. The largest absolute Gasteiger partial charge is 0.380 e. The molecule has 0 unspecified atom stereocenters. The Kier molecular flexibility index (Phi) is 6.56. The number of nitrogens with zero attached hydrogens (tertiary/aromatic N) is 3. The minimum absolute atomic E-state index is 0.651. The number of likely N-dealkylation sites (N-methyl/N-ethyl adjacent to an activating group) is 1. The van der Waals surface area contributed by atoms with Crippen LogP contribution >= 0.6 is 0 Å². The summed E-state index contributed by atoms with van der Waals surface area (Å²) in [5, 5.41) is 0. The lowest BCUT2D eigenvalue weighted by Gasteiger charge is -2.19. The molecule has 0 amide bonds. The first-order valence-electron chi connectivity index (χ1n) is 6.30. The van der Waals surface area contributed by atoms with Crippen LogP contribution in [0.5, 0.6) is 0 Å². The molecule has 0 aromatic carbocycles. The number of hydrogen-bond acceptors (Lipinski definition) is 6. The summed E-state index contributed by atoms with van der Waals surface area (Å²) in [5.74, 6) is 6.81. The molecule has 0 fully saturated rings. The van der Waals surface area contributed by atoms with Crippen LogP contribution in [0, 0.1) is 6.92 Å². The second-order valence-corrected chi connectivity index (χ2v) is 4.02. The number of nitrogen functional groups attached to an aromatic ring is 1. The molecule has 1 heterocycles. The monoisotopic (exact) mass is 253 g/mol. The van der Waals surface area contributed by atoms with Crippen LogP contribution in [0.15, 0.2) is 6.07 Å². The van der Waals surface area contributed by atoms with Crippen molar-refractivity contribution in [3.05, 3.63) is 17.6 Å². The molecular weight excluding hydrogens is 230 g/mol. The molecule has 0 spiro atoms. The van der Waals surface area contributed by atoms with E-state index in [2.05, 4.69) is 27.2 Å². The van der Waals surface area contributed by atoms with Gasteiger partial charge >= 0.3 is 0 Å². The second-order valence-electron chi connectivity index (χ2n) is 4.02. The summed E-state index contributed by atoms with van der Waals surface area (Å²) in [6.45, 7) is 10.1. The third kappa shape index (κ3) is 4.95. The van der Waals surface area contributed by atoms with Crippen molar-refractivity contribution < 1.29 is 4.74 Å². The first-order valence-corrected chi connectivity index (χ1v) is 6.30. The van der Waals surface area contributed by atoms with Gasteiger partial charge < -0.3 is 10.2 Å². The van der Waals surface area contributed by atoms with E-state index in [1.165, 1.54) is 0 Å². The second kappa shape index (κ2) is 7.97. The van der Waals surface area contributed by atoms with Crippen molar-refractivity contribution in [2.45, 2.75) is 27.3 Å². The summed E-state index contributed by atoms with van der Waals surface area (Å²) in [6.07, 6.45) is 0. The molecule has 0 aliphatic heterocycles. The fourth-order valence-corrected chi connectivity index (χ4v) is 1.66. The highest BCUT2D eigenvalue weighted by molar-refractivity contribution is 5.33. The lowest BCUT2D eigenvalue weighted by molar-refractivity contribution is 0.112. The van der Waals surface area contributed by atoms with Crippen LogP contribution in [-0.4, -0.2) is 41.2 Å². The summed E-state index contributed by atoms with van der Waals surface area (Å²) in [4.78, 5) is 11.0. The highest BCUT2D eigenvalue weighted by Gasteiger charge is 2.07. The Balaban J connectivity index is 2.60. The van der Waals surface area contributed by atoms with Crippen LogP contribution in [0.4, 0.5) is 5.82 Å². The first kappa shape index (κ1) is 14.8. The predicted molar refractivity (Wildman–Crippen MR) is 72.0 cm³/mol. The highest BCUT2D eigenvalue weighted by atomic mass is 16.5. The Labute approximate surface area is 109 Å². The zero-order valence-electron chi connectivity index (χ0n) is 11.4. The van der Waals surface area contributed by atoms with Gasteiger partial charge in [0, 0.05) is 24.9 Å². The molecule has 102 valence electrons. The van der Waals surface area contributed by atoms with Gasteiger partial charge in [0.05, 0.1) is 13.2 Å². The Morgan fingerprint density at radius 2 is 2.17 bits per heavy atom. The standard InChI is InChI=1S/C12H23N5O/c1-4-17(6-7-18-5-2)9-12-14-10(3)8-11(15-12)16-13/h8H,4-7,9,13H2,1-3H3,(H,14,15,16). The van der Waals surface area contributed by atoms with Crippen molar-refractivity contribution in [2.24, 2.45) is 5.84 Å². The molecule has 0 aliphatic rings. The van der Waals surface area contributed by atoms with Crippen LogP contribution in [0.3, 0.4) is 0 Å². The number of aromatic nitrogens is 2. The van der Waals surface area contributed by atoms with Gasteiger partial charge in [-0.2, -0.15) is 0 Å². The van der Waals surface area contributed by atoms with Gasteiger partial charge in [-0.05, 0) is 20.4 Å². The molecule has 1 aromatic rings. The highest BCUT2D eigenvalue weighted by Crippen LogP contribution is 2.06. The van der Waals surface area contributed by atoms with E-state index in [4.69, 9.17) is 10.6 Å². The number of nitrogens with one attached hydrogen (secondary N) is 1. The number of anilines is 1. The smallest absolute Gasteiger partial charge is 0.145 e. The lowest BCUT2D eigenvalue weighted by atomic mass is 10.4. The number of hydrogen-bond donors (Lipinski definition) is 2. The van der Waals surface area contributed by atoms with E-state index in [0.29, 0.717) is 12.4 Å². The van der Waals surface area contributed by atoms with Crippen molar-refractivity contribution in [3.8, 4) is 0 Å². The predicted octanol–water partition coefficient (Wildman–Crippen LogP) is 0.929. The van der Waals surface area contributed by atoms with Gasteiger partial charge in [-0.1, -0.05) is 6.92 Å². The van der Waals surface area contributed by atoms with Crippen molar-refractivity contribution in [1.29, 1.82) is 0 Å². The SMILES string of the molecule is CCOCCN(CC)Cc1nc(C)cc(NN)n1. The Morgan fingerprint density at radius 3 is 2.78 bits per heavy atom. The normalized spacial score (nSPS) is 10.9. The first-order chi connectivity index (χ1) is 8.69. The number of aryl methyl sites for hydroxylation is 1. The Morgan fingerprint density at radius 1 is 1.39 bits per heavy atom. The summed E-state index contributed by atoms with van der Waals surface area (Å²) in [7, 11) is 0. The van der Waals surface area contributed by atoms with Crippen LogP contribution in [0.1, 0.15) is 25.4 Å². The fourth-order valence-electron chi connectivity index (χ4n) is 1.66. The van der Waals surface area contributed by atoms with Gasteiger partial charge in [0.1, 0.15) is 11.6 Å². The Hall–Kier alpha value is -1.24. The van der Waals surface area contributed by atoms with Gasteiger partial charge in [-0.3, -0.25) is 4.90 Å². The van der Waals surface area contributed by atoms with E-state index < -0.39 is 0 Å². The minimum atomic E-state index is 0.651. The van der Waals surface area contributed by atoms with Gasteiger partial charge in [-0.25, -0.2) is 15.8 Å². The molecule has 0 aliphatic carbocycles. The minimum Gasteiger partial charge on any atom is -0.380 e. The van der Waals surface area contributed by atoms with Crippen molar-refractivity contribution in [1.82, 2.24) is 14.9 Å². The van der Waals surface area contributed by atoms with Crippen molar-refractivity contribution in [2.75, 3.05) is 31.7 Å². The van der Waals surface area contributed by atoms with E-state index in [1.807, 2.05) is 19.9 Å². The molecule has 18 heavy (non-hydrogen) atoms. The number of rotatable bonds is 8. The third-order valence-electron chi connectivity index (χ3n) is 2.62. The number of hydrazine groups is 1. The molecule has 0 atom stereocenters. The fraction of sp³-hybridized carbons (Fsp3) is 0.667. The van der Waals surface area contributed by atoms with Crippen molar-refractivity contribution >= 4 is 5.82 Å². The summed E-state index contributed by atoms with van der Waals surface area (Å²) in [6, 6.07) is 1.82. The average molecular weight is 253 g/mol. The maximum absolute atomic E-state index is 5.38. The van der Waals surface area contributed by atoms with Crippen molar-refractivity contribution in [3.63, 3.8) is 0 Å². The summed E-state index contributed by atoms with van der Waals surface area (Å²) < 4.78 is 5.36. The molecule has 6 nitrogen and oxygen atoms in total. The average Bonchev–Trinajstić information content (AvgIpc) is 2.37. The summed E-state index contributed by atoms with van der Waals surface area (Å²) in [5.41, 5.74) is 3.47. The van der Waals surface area contributed by atoms with E-state index in [1.54, 1.807) is 0 Å². The Bertz CT molecular complexity index is 358. The topological polar surface area (TPSA) is 76.3 Å². The molecule has 0 saturated heterocycles. The van der Waals surface area contributed by atoms with Gasteiger partial charge in [0.15, 0.2) is 0 Å². The molecule has 1 rings (SSSR count). The van der Waals surface area contributed by atoms with Crippen LogP contribution in [0.2, 0.25) is 0 Å². The van der Waals surface area contributed by atoms with Gasteiger partial charge in [-0.15, -0.1) is 0 Å². The molecule has 0 radical (unpaired) electrons. The molecule has 1 aromatic heterocycles. The maximum atomic E-state index is 5.38. The van der Waals surface area contributed by atoms with Crippen LogP contribution in [0.25, 0.3) is 0 Å². The van der Waals surface area contributed by atoms with Gasteiger partial charge in [0.25, 0.3) is 0 Å².